The molecule has 1 atom stereocenters. The number of hydrogen-bond donors (Lipinski definition) is 1. The summed E-state index contributed by atoms with van der Waals surface area (Å²) in [5.41, 5.74) is 7.67. The van der Waals surface area contributed by atoms with Crippen molar-refractivity contribution in [1.29, 1.82) is 0 Å². The maximum atomic E-state index is 12.3. The van der Waals surface area contributed by atoms with Crippen molar-refractivity contribution in [2.45, 2.75) is 44.2 Å². The van der Waals surface area contributed by atoms with Crippen molar-refractivity contribution in [2.24, 2.45) is 5.11 Å². The van der Waals surface area contributed by atoms with E-state index < -0.39 is 5.54 Å². The number of likely N-dealkylation sites (tertiary alicyclic amines) is 1. The van der Waals surface area contributed by atoms with Crippen LogP contribution in [0.1, 0.15) is 32.6 Å². The molecule has 7 heteroatoms. The van der Waals surface area contributed by atoms with Gasteiger partial charge in [0.15, 0.2) is 0 Å². The third kappa shape index (κ3) is 3.62. The quantitative estimate of drug-likeness (QED) is 0.240. The van der Waals surface area contributed by atoms with E-state index in [1.807, 2.05) is 6.92 Å². The first-order valence-corrected chi connectivity index (χ1v) is 7.39. The molecule has 0 aromatic carbocycles. The molecule has 1 saturated carbocycles. The third-order valence-corrected chi connectivity index (χ3v) is 3.99. The highest BCUT2D eigenvalue weighted by atomic mass is 16.5. The Morgan fingerprint density at radius 1 is 1.60 bits per heavy atom. The van der Waals surface area contributed by atoms with Crippen LogP contribution in [-0.4, -0.2) is 55.2 Å². The average molecular weight is 281 g/mol. The summed E-state index contributed by atoms with van der Waals surface area (Å²) >= 11 is 0. The normalized spacial score (nSPS) is 26.2. The van der Waals surface area contributed by atoms with E-state index in [-0.39, 0.29) is 5.97 Å². The summed E-state index contributed by atoms with van der Waals surface area (Å²) in [5, 5.41) is 6.86. The highest BCUT2D eigenvalue weighted by molar-refractivity contribution is 5.81. The summed E-state index contributed by atoms with van der Waals surface area (Å²) in [6, 6.07) is 0.663. The predicted octanol–water partition coefficient (Wildman–Crippen LogP) is 1.45. The van der Waals surface area contributed by atoms with Gasteiger partial charge in [0, 0.05) is 30.6 Å². The van der Waals surface area contributed by atoms with E-state index >= 15 is 0 Å². The van der Waals surface area contributed by atoms with Crippen molar-refractivity contribution >= 4 is 5.97 Å². The first-order valence-electron chi connectivity index (χ1n) is 7.39. The topological polar surface area (TPSA) is 90.3 Å². The van der Waals surface area contributed by atoms with Crippen LogP contribution in [0.3, 0.4) is 0 Å². The molecule has 20 heavy (non-hydrogen) atoms. The van der Waals surface area contributed by atoms with Gasteiger partial charge in [0.25, 0.3) is 0 Å². The molecule has 2 aliphatic rings. The van der Waals surface area contributed by atoms with Crippen molar-refractivity contribution < 1.29 is 9.53 Å². The Balaban J connectivity index is 1.90. The number of carbonyl (C=O) groups is 1. The first kappa shape index (κ1) is 15.1. The number of rotatable bonds is 8. The summed E-state index contributed by atoms with van der Waals surface area (Å²) in [7, 11) is 0. The Hall–Kier alpha value is -1.30. The van der Waals surface area contributed by atoms with Gasteiger partial charge in [-0.1, -0.05) is 5.11 Å². The lowest BCUT2D eigenvalue weighted by atomic mass is 9.98. The van der Waals surface area contributed by atoms with Gasteiger partial charge in [-0.3, -0.25) is 4.90 Å². The standard InChI is InChI=1S/C13H23N5O2/c1-2-20-12(19)13(15-7-3-8-16-17-14)6-9-18(10-13)11-4-5-11/h11,15H,2-10H2,1H3. The molecule has 1 N–H and O–H groups in total. The van der Waals surface area contributed by atoms with E-state index in [1.54, 1.807) is 0 Å². The molecule has 0 aromatic heterocycles. The minimum Gasteiger partial charge on any atom is -0.465 e. The molecule has 112 valence electrons. The van der Waals surface area contributed by atoms with Gasteiger partial charge < -0.3 is 10.1 Å². The molecular weight excluding hydrogens is 258 g/mol. The molecule has 0 radical (unpaired) electrons. The van der Waals surface area contributed by atoms with E-state index in [0.29, 0.717) is 25.7 Å². The minimum absolute atomic E-state index is 0.146. The van der Waals surface area contributed by atoms with Gasteiger partial charge in [-0.15, -0.1) is 0 Å². The van der Waals surface area contributed by atoms with Crippen molar-refractivity contribution in [1.82, 2.24) is 10.2 Å². The Morgan fingerprint density at radius 2 is 2.40 bits per heavy atom. The van der Waals surface area contributed by atoms with Crippen molar-refractivity contribution in [3.63, 3.8) is 0 Å². The minimum atomic E-state index is -0.574. The van der Waals surface area contributed by atoms with Crippen LogP contribution in [0.5, 0.6) is 0 Å². The molecule has 1 heterocycles. The third-order valence-electron chi connectivity index (χ3n) is 3.99. The number of nitrogens with one attached hydrogen (secondary N) is 1. The maximum Gasteiger partial charge on any atom is 0.327 e. The fraction of sp³-hybridized carbons (Fsp3) is 0.923. The number of carbonyl (C=O) groups excluding carboxylic acids is 1. The Labute approximate surface area is 119 Å². The molecule has 1 aliphatic heterocycles. The number of azide groups is 1. The Kier molecular flexibility index (Phi) is 5.23. The maximum absolute atomic E-state index is 12.3. The highest BCUT2D eigenvalue weighted by Gasteiger charge is 2.48. The number of hydrogen-bond acceptors (Lipinski definition) is 5. The first-order chi connectivity index (χ1) is 9.72. The molecule has 2 fully saturated rings. The average Bonchev–Trinajstić information content (AvgIpc) is 3.20. The number of esters is 1. The second kappa shape index (κ2) is 6.92. The van der Waals surface area contributed by atoms with Crippen LogP contribution in [0.2, 0.25) is 0 Å². The summed E-state index contributed by atoms with van der Waals surface area (Å²) in [6.07, 6.45) is 4.02. The zero-order valence-electron chi connectivity index (χ0n) is 12.0. The lowest BCUT2D eigenvalue weighted by Gasteiger charge is -2.28. The van der Waals surface area contributed by atoms with Gasteiger partial charge in [-0.25, -0.2) is 4.79 Å². The lowest BCUT2D eigenvalue weighted by Crippen LogP contribution is -2.55. The van der Waals surface area contributed by atoms with Crippen molar-refractivity contribution in [3.8, 4) is 0 Å². The van der Waals surface area contributed by atoms with Gasteiger partial charge in [0.1, 0.15) is 5.54 Å². The highest BCUT2D eigenvalue weighted by Crippen LogP contribution is 2.34. The zero-order chi connectivity index (χ0) is 14.4. The van der Waals surface area contributed by atoms with Crippen molar-refractivity contribution in [2.75, 3.05) is 32.8 Å². The molecule has 1 saturated heterocycles. The largest absolute Gasteiger partial charge is 0.465 e. The summed E-state index contributed by atoms with van der Waals surface area (Å²) in [4.78, 5) is 17.4. The molecule has 0 aromatic rings. The number of nitrogens with zero attached hydrogens (tertiary/aromatic N) is 4. The molecule has 7 nitrogen and oxygen atoms in total. The van der Waals surface area contributed by atoms with Crippen LogP contribution < -0.4 is 5.32 Å². The van der Waals surface area contributed by atoms with E-state index in [1.165, 1.54) is 12.8 Å². The van der Waals surface area contributed by atoms with Crippen LogP contribution in [0, 0.1) is 0 Å². The molecular formula is C13H23N5O2. The van der Waals surface area contributed by atoms with Gasteiger partial charge >= 0.3 is 5.97 Å². The predicted molar refractivity (Wildman–Crippen MR) is 75.2 cm³/mol. The SMILES string of the molecule is CCOC(=O)C1(NCCCN=[N+]=[N-])CCN(C2CC2)C1. The summed E-state index contributed by atoms with van der Waals surface area (Å²) in [5.74, 6) is -0.146. The smallest absolute Gasteiger partial charge is 0.327 e. The van der Waals surface area contributed by atoms with Crippen LogP contribution in [0.25, 0.3) is 10.4 Å². The second-order valence-electron chi connectivity index (χ2n) is 5.49. The Morgan fingerprint density at radius 3 is 3.05 bits per heavy atom. The van der Waals surface area contributed by atoms with Crippen LogP contribution in [0.4, 0.5) is 0 Å². The van der Waals surface area contributed by atoms with Crippen molar-refractivity contribution in [3.05, 3.63) is 10.4 Å². The molecule has 0 spiro atoms. The molecule has 0 bridgehead atoms. The molecule has 2 rings (SSSR count). The number of ether oxygens (including phenoxy) is 1. The summed E-state index contributed by atoms with van der Waals surface area (Å²) in [6.45, 7) is 5.04. The van der Waals surface area contributed by atoms with Gasteiger partial charge in [0.05, 0.1) is 6.61 Å². The fourth-order valence-electron chi connectivity index (χ4n) is 2.77. The molecule has 0 amide bonds. The van der Waals surface area contributed by atoms with Gasteiger partial charge in [0.2, 0.25) is 0 Å². The van der Waals surface area contributed by atoms with Crippen LogP contribution in [-0.2, 0) is 9.53 Å². The van der Waals surface area contributed by atoms with E-state index in [2.05, 4.69) is 20.2 Å². The van der Waals surface area contributed by atoms with E-state index in [9.17, 15) is 4.79 Å². The lowest BCUT2D eigenvalue weighted by molar-refractivity contribution is -0.150. The van der Waals surface area contributed by atoms with E-state index in [0.717, 1.165) is 25.9 Å². The van der Waals surface area contributed by atoms with Crippen LogP contribution >= 0.6 is 0 Å². The van der Waals surface area contributed by atoms with Gasteiger partial charge in [-0.05, 0) is 44.7 Å². The van der Waals surface area contributed by atoms with E-state index in [4.69, 9.17) is 10.3 Å². The molecule has 1 unspecified atom stereocenters. The second-order valence-corrected chi connectivity index (χ2v) is 5.49. The zero-order valence-corrected chi connectivity index (χ0v) is 12.0. The molecule has 1 aliphatic carbocycles. The summed E-state index contributed by atoms with van der Waals surface area (Å²) < 4.78 is 5.25. The van der Waals surface area contributed by atoms with Crippen LogP contribution in [0.15, 0.2) is 5.11 Å². The Bertz CT molecular complexity index is 392. The monoisotopic (exact) mass is 281 g/mol. The van der Waals surface area contributed by atoms with Gasteiger partial charge in [-0.2, -0.15) is 0 Å². The fourth-order valence-corrected chi connectivity index (χ4v) is 2.77.